The summed E-state index contributed by atoms with van der Waals surface area (Å²) in [6, 6.07) is 4.99. The molecule has 1 fully saturated rings. The van der Waals surface area contributed by atoms with Gasteiger partial charge >= 0.3 is 0 Å². The highest BCUT2D eigenvalue weighted by Crippen LogP contribution is 2.69. The van der Waals surface area contributed by atoms with Crippen molar-refractivity contribution in [3.05, 3.63) is 34.9 Å². The van der Waals surface area contributed by atoms with Crippen molar-refractivity contribution in [2.24, 2.45) is 10.8 Å². The molecule has 0 aromatic heterocycles. The summed E-state index contributed by atoms with van der Waals surface area (Å²) in [6.07, 6.45) is 6.09. The number of rotatable bonds is 1. The average Bonchev–Trinajstić information content (AvgIpc) is 2.91. The Labute approximate surface area is 157 Å². The van der Waals surface area contributed by atoms with Crippen LogP contribution in [0.4, 0.5) is 0 Å². The van der Waals surface area contributed by atoms with Crippen LogP contribution >= 0.6 is 0 Å². The van der Waals surface area contributed by atoms with Crippen molar-refractivity contribution in [1.29, 1.82) is 0 Å². The zero-order chi connectivity index (χ0) is 18.5. The molecule has 0 amide bonds. The lowest BCUT2D eigenvalue weighted by atomic mass is 9.43. The predicted molar refractivity (Wildman–Crippen MR) is 104 cm³/mol. The number of likely N-dealkylation sites (N-methyl/N-ethyl adjacent to an activating group) is 1. The first-order valence-electron chi connectivity index (χ1n) is 10.0. The maximum atomic E-state index is 6.83. The van der Waals surface area contributed by atoms with Gasteiger partial charge in [-0.3, -0.25) is 0 Å². The van der Waals surface area contributed by atoms with Crippen LogP contribution in [0.15, 0.2) is 23.8 Å². The molecule has 1 saturated heterocycles. The number of nitrogens with zero attached hydrogens (tertiary/aromatic N) is 1. The first kappa shape index (κ1) is 16.7. The zero-order valence-corrected chi connectivity index (χ0v) is 17.0. The molecule has 0 radical (unpaired) electrons. The molecule has 3 heteroatoms. The predicted octanol–water partition coefficient (Wildman–Crippen LogP) is 4.34. The summed E-state index contributed by atoms with van der Waals surface area (Å²) in [5, 5.41) is 0. The van der Waals surface area contributed by atoms with E-state index in [4.69, 9.17) is 9.47 Å². The molecule has 1 spiro atoms. The number of allylic oxidation sites excluding steroid dienone is 1. The summed E-state index contributed by atoms with van der Waals surface area (Å²) < 4.78 is 12.6. The molecule has 5 rings (SSSR count). The van der Waals surface area contributed by atoms with Gasteiger partial charge in [-0.2, -0.15) is 0 Å². The Morgan fingerprint density at radius 1 is 1.27 bits per heavy atom. The van der Waals surface area contributed by atoms with Crippen molar-refractivity contribution in [2.75, 3.05) is 20.7 Å². The highest BCUT2D eigenvalue weighted by atomic mass is 16.5. The lowest BCUT2D eigenvalue weighted by Crippen LogP contribution is -2.69. The first-order valence-corrected chi connectivity index (χ1v) is 10.0. The fraction of sp³-hybridized carbons (Fsp3) is 0.652. The van der Waals surface area contributed by atoms with Crippen molar-refractivity contribution >= 4 is 0 Å². The molecule has 2 aliphatic heterocycles. The number of likely N-dealkylation sites (tertiary alicyclic amines) is 1. The largest absolute Gasteiger partial charge is 0.493 e. The normalized spacial score (nSPS) is 37.7. The van der Waals surface area contributed by atoms with Crippen LogP contribution in [0.5, 0.6) is 11.5 Å². The van der Waals surface area contributed by atoms with Crippen LogP contribution in [-0.2, 0) is 11.8 Å². The van der Waals surface area contributed by atoms with Gasteiger partial charge in [-0.15, -0.1) is 0 Å². The Morgan fingerprint density at radius 3 is 2.73 bits per heavy atom. The van der Waals surface area contributed by atoms with Crippen LogP contribution in [0.3, 0.4) is 0 Å². The topological polar surface area (TPSA) is 21.7 Å². The van der Waals surface area contributed by atoms with E-state index in [1.807, 2.05) is 0 Å². The number of ether oxygens (including phenoxy) is 2. The standard InChI is InChI=1S/C23H31NO2/c1-21(2,3)15-9-10-22(4)17-13-14-7-8-16(25-6)19-18(14)23(22,20(15)26-19)11-12-24(17)5/h7-9,17,20H,10-13H2,1-6H3/t17-,20+,22+,23+/m1/s1. The first-order chi connectivity index (χ1) is 12.2. The quantitative estimate of drug-likeness (QED) is 0.701. The van der Waals surface area contributed by atoms with Gasteiger partial charge in [-0.1, -0.05) is 39.8 Å². The van der Waals surface area contributed by atoms with Gasteiger partial charge < -0.3 is 14.4 Å². The third-order valence-corrected chi connectivity index (χ3v) is 8.01. The lowest BCUT2D eigenvalue weighted by Gasteiger charge is -2.64. The van der Waals surface area contributed by atoms with Gasteiger partial charge in [0.1, 0.15) is 6.10 Å². The molecule has 1 aromatic rings. The Hall–Kier alpha value is -1.48. The van der Waals surface area contributed by atoms with Crippen LogP contribution in [0, 0.1) is 10.8 Å². The number of piperidine rings is 1. The molecule has 1 aromatic carbocycles. The lowest BCUT2D eigenvalue weighted by molar-refractivity contribution is -0.0801. The van der Waals surface area contributed by atoms with Crippen molar-refractivity contribution in [3.8, 4) is 11.5 Å². The van der Waals surface area contributed by atoms with Gasteiger partial charge in [0.25, 0.3) is 0 Å². The second kappa shape index (κ2) is 4.86. The van der Waals surface area contributed by atoms with Crippen LogP contribution in [0.1, 0.15) is 51.7 Å². The van der Waals surface area contributed by atoms with Gasteiger partial charge in [0, 0.05) is 22.4 Å². The molecule has 4 atom stereocenters. The summed E-state index contributed by atoms with van der Waals surface area (Å²) >= 11 is 0. The van der Waals surface area contributed by atoms with Crippen LogP contribution in [-0.4, -0.2) is 37.7 Å². The molecule has 4 aliphatic rings. The van der Waals surface area contributed by atoms with E-state index in [-0.39, 0.29) is 22.3 Å². The maximum Gasteiger partial charge on any atom is 0.166 e. The minimum atomic E-state index is 0.0823. The third-order valence-electron chi connectivity index (χ3n) is 8.01. The molecule has 0 unspecified atom stereocenters. The van der Waals surface area contributed by atoms with Gasteiger partial charge in [0.15, 0.2) is 11.5 Å². The van der Waals surface area contributed by atoms with E-state index in [1.165, 1.54) is 23.1 Å². The number of hydrogen-bond donors (Lipinski definition) is 0. The second-order valence-electron chi connectivity index (χ2n) is 10.1. The van der Waals surface area contributed by atoms with Crippen LogP contribution < -0.4 is 9.47 Å². The van der Waals surface area contributed by atoms with Crippen molar-refractivity contribution < 1.29 is 9.47 Å². The monoisotopic (exact) mass is 353 g/mol. The highest BCUT2D eigenvalue weighted by molar-refractivity contribution is 5.64. The number of methoxy groups -OCH3 is 1. The molecule has 3 nitrogen and oxygen atoms in total. The van der Waals surface area contributed by atoms with Crippen molar-refractivity contribution in [1.82, 2.24) is 4.90 Å². The van der Waals surface area contributed by atoms with E-state index in [9.17, 15) is 0 Å². The minimum Gasteiger partial charge on any atom is -0.493 e. The summed E-state index contributed by atoms with van der Waals surface area (Å²) in [4.78, 5) is 2.60. The fourth-order valence-corrected chi connectivity index (χ4v) is 6.67. The van der Waals surface area contributed by atoms with E-state index in [2.05, 4.69) is 57.9 Å². The van der Waals surface area contributed by atoms with E-state index in [0.29, 0.717) is 6.04 Å². The van der Waals surface area contributed by atoms with Crippen LogP contribution in [0.25, 0.3) is 0 Å². The maximum absolute atomic E-state index is 6.83. The summed E-state index contributed by atoms with van der Waals surface area (Å²) in [6.45, 7) is 10.7. The minimum absolute atomic E-state index is 0.0823. The SMILES string of the molecule is COc1ccc2c3c1O[C@H]1C(C(C)(C)C)=CC[C@@]4(C)[C@@H](C2)N(C)CC[C@]314. The van der Waals surface area contributed by atoms with Crippen molar-refractivity contribution in [3.63, 3.8) is 0 Å². The number of hydrogen-bond acceptors (Lipinski definition) is 3. The Bertz CT molecular complexity index is 820. The molecule has 2 heterocycles. The van der Waals surface area contributed by atoms with E-state index in [0.717, 1.165) is 30.9 Å². The highest BCUT2D eigenvalue weighted by Gasteiger charge is 2.69. The Morgan fingerprint density at radius 2 is 2.04 bits per heavy atom. The Kier molecular flexibility index (Phi) is 3.12. The van der Waals surface area contributed by atoms with E-state index in [1.54, 1.807) is 7.11 Å². The molecule has 140 valence electrons. The second-order valence-corrected chi connectivity index (χ2v) is 10.1. The molecular weight excluding hydrogens is 322 g/mol. The molecule has 0 N–H and O–H groups in total. The average molecular weight is 354 g/mol. The smallest absolute Gasteiger partial charge is 0.166 e. The summed E-state index contributed by atoms with van der Waals surface area (Å²) in [7, 11) is 4.08. The van der Waals surface area contributed by atoms with Crippen LogP contribution in [0.2, 0.25) is 0 Å². The Balaban J connectivity index is 1.84. The van der Waals surface area contributed by atoms with Gasteiger partial charge in [-0.05, 0) is 55.5 Å². The molecule has 2 aliphatic carbocycles. The number of benzene rings is 1. The summed E-state index contributed by atoms with van der Waals surface area (Å²) in [5.74, 6) is 1.93. The molecule has 0 saturated carbocycles. The van der Waals surface area contributed by atoms with E-state index < -0.39 is 0 Å². The van der Waals surface area contributed by atoms with Crippen molar-refractivity contribution in [2.45, 2.75) is 64.5 Å². The van der Waals surface area contributed by atoms with Gasteiger partial charge in [0.2, 0.25) is 0 Å². The van der Waals surface area contributed by atoms with Gasteiger partial charge in [-0.25, -0.2) is 0 Å². The fourth-order valence-electron chi connectivity index (χ4n) is 6.67. The third kappa shape index (κ3) is 1.69. The molecule has 2 bridgehead atoms. The summed E-state index contributed by atoms with van der Waals surface area (Å²) in [5.41, 5.74) is 4.84. The molecular formula is C23H31NO2. The zero-order valence-electron chi connectivity index (χ0n) is 17.0. The molecule has 26 heavy (non-hydrogen) atoms. The van der Waals surface area contributed by atoms with E-state index >= 15 is 0 Å². The van der Waals surface area contributed by atoms with Gasteiger partial charge in [0.05, 0.1) is 7.11 Å².